The highest BCUT2D eigenvalue weighted by atomic mass is 35.5. The number of aromatic nitrogens is 1. The van der Waals surface area contributed by atoms with E-state index in [9.17, 15) is 0 Å². The van der Waals surface area contributed by atoms with E-state index in [0.29, 0.717) is 5.92 Å². The van der Waals surface area contributed by atoms with Gasteiger partial charge in [-0.1, -0.05) is 17.7 Å². The van der Waals surface area contributed by atoms with E-state index < -0.39 is 0 Å². The third-order valence-corrected chi connectivity index (χ3v) is 3.99. The van der Waals surface area contributed by atoms with Crippen LogP contribution in [0.3, 0.4) is 0 Å². The Morgan fingerprint density at radius 2 is 2.24 bits per heavy atom. The summed E-state index contributed by atoms with van der Waals surface area (Å²) in [6.45, 7) is 2.25. The molecule has 2 heterocycles. The molecule has 3 heteroatoms. The van der Waals surface area contributed by atoms with Gasteiger partial charge >= 0.3 is 0 Å². The number of halogens is 1. The van der Waals surface area contributed by atoms with Gasteiger partial charge in [-0.2, -0.15) is 0 Å². The van der Waals surface area contributed by atoms with Gasteiger partial charge in [0.25, 0.3) is 0 Å². The molecule has 2 nitrogen and oxygen atoms in total. The largest absolute Gasteiger partial charge is 0.347 e. The van der Waals surface area contributed by atoms with Crippen molar-refractivity contribution in [1.29, 1.82) is 0 Å². The monoisotopic (exact) mass is 248 g/mol. The van der Waals surface area contributed by atoms with Crippen molar-refractivity contribution < 1.29 is 0 Å². The van der Waals surface area contributed by atoms with Gasteiger partial charge in [0.15, 0.2) is 0 Å². The van der Waals surface area contributed by atoms with Gasteiger partial charge in [-0.25, -0.2) is 0 Å². The minimum absolute atomic E-state index is 0.639. The molecule has 1 aliphatic heterocycles. The van der Waals surface area contributed by atoms with E-state index in [0.717, 1.165) is 18.1 Å². The zero-order chi connectivity index (χ0) is 11.8. The molecule has 2 aromatic rings. The van der Waals surface area contributed by atoms with Crippen LogP contribution < -0.4 is 5.32 Å². The highest BCUT2D eigenvalue weighted by Crippen LogP contribution is 2.29. The zero-order valence-corrected chi connectivity index (χ0v) is 10.8. The van der Waals surface area contributed by atoms with E-state index in [1.807, 2.05) is 6.07 Å². The first-order chi connectivity index (χ1) is 8.25. The third kappa shape index (κ3) is 1.96. The summed E-state index contributed by atoms with van der Waals surface area (Å²) in [5.74, 6) is 0.639. The van der Waals surface area contributed by atoms with E-state index in [1.54, 1.807) is 0 Å². The predicted molar refractivity (Wildman–Crippen MR) is 72.8 cm³/mol. The number of nitrogens with zero attached hydrogens (tertiary/aromatic N) is 1. The topological polar surface area (TPSA) is 17.0 Å². The van der Waals surface area contributed by atoms with Gasteiger partial charge < -0.3 is 9.88 Å². The van der Waals surface area contributed by atoms with Crippen LogP contribution in [0.25, 0.3) is 10.9 Å². The Labute approximate surface area is 107 Å². The molecule has 1 fully saturated rings. The molecule has 1 saturated heterocycles. The molecule has 0 bridgehead atoms. The van der Waals surface area contributed by atoms with Crippen LogP contribution in [-0.4, -0.2) is 17.7 Å². The van der Waals surface area contributed by atoms with E-state index in [4.69, 9.17) is 11.6 Å². The molecule has 90 valence electrons. The van der Waals surface area contributed by atoms with Crippen LogP contribution in [0.1, 0.15) is 24.5 Å². The Balaban J connectivity index is 2.07. The number of fused-ring (bicyclic) bond motifs is 1. The quantitative estimate of drug-likeness (QED) is 0.820. The highest BCUT2D eigenvalue weighted by Gasteiger charge is 2.19. The highest BCUT2D eigenvalue weighted by molar-refractivity contribution is 6.31. The Bertz CT molecular complexity index is 538. The predicted octanol–water partition coefficient (Wildman–Crippen LogP) is 3.30. The summed E-state index contributed by atoms with van der Waals surface area (Å²) < 4.78 is 2.29. The van der Waals surface area contributed by atoms with E-state index in [2.05, 4.69) is 35.1 Å². The first-order valence-electron chi connectivity index (χ1n) is 6.21. The van der Waals surface area contributed by atoms with E-state index >= 15 is 0 Å². The maximum absolute atomic E-state index is 6.06. The fraction of sp³-hybridized carbons (Fsp3) is 0.429. The maximum Gasteiger partial charge on any atom is 0.0494 e. The average molecular weight is 249 g/mol. The number of aryl methyl sites for hydroxylation is 1. The summed E-state index contributed by atoms with van der Waals surface area (Å²) in [6.07, 6.45) is 2.55. The molecule has 1 aromatic carbocycles. The normalized spacial score (nSPS) is 20.9. The molecule has 0 saturated carbocycles. The Morgan fingerprint density at radius 1 is 1.35 bits per heavy atom. The van der Waals surface area contributed by atoms with Gasteiger partial charge in [0.05, 0.1) is 0 Å². The summed E-state index contributed by atoms with van der Waals surface area (Å²) in [7, 11) is 2.14. The average Bonchev–Trinajstić information content (AvgIpc) is 2.68. The molecular weight excluding hydrogens is 232 g/mol. The summed E-state index contributed by atoms with van der Waals surface area (Å²) in [4.78, 5) is 0. The van der Waals surface area contributed by atoms with Crippen molar-refractivity contribution in [2.24, 2.45) is 7.05 Å². The van der Waals surface area contributed by atoms with Crippen molar-refractivity contribution in [1.82, 2.24) is 9.88 Å². The number of hydrogen-bond donors (Lipinski definition) is 1. The van der Waals surface area contributed by atoms with Crippen molar-refractivity contribution in [3.63, 3.8) is 0 Å². The van der Waals surface area contributed by atoms with Gasteiger partial charge in [0.2, 0.25) is 0 Å². The van der Waals surface area contributed by atoms with E-state index in [-0.39, 0.29) is 0 Å². The minimum atomic E-state index is 0.639. The molecule has 17 heavy (non-hydrogen) atoms. The molecule has 0 spiro atoms. The molecule has 1 atom stereocenters. The number of nitrogens with one attached hydrogen (secondary N) is 1. The van der Waals surface area contributed by atoms with Gasteiger partial charge in [-0.05, 0) is 43.0 Å². The Hall–Kier alpha value is -0.990. The molecule has 1 N–H and O–H groups in total. The molecule has 0 radical (unpaired) electrons. The van der Waals surface area contributed by atoms with Crippen LogP contribution in [0.15, 0.2) is 24.3 Å². The number of rotatable bonds is 1. The van der Waals surface area contributed by atoms with Crippen molar-refractivity contribution in [2.75, 3.05) is 13.1 Å². The SMILES string of the molecule is Cn1c(C2CCCNC2)cc2ccc(Cl)cc21. The second kappa shape index (κ2) is 4.35. The van der Waals surface area contributed by atoms with E-state index in [1.165, 1.54) is 29.4 Å². The lowest BCUT2D eigenvalue weighted by Crippen LogP contribution is -2.29. The lowest BCUT2D eigenvalue weighted by atomic mass is 9.96. The summed E-state index contributed by atoms with van der Waals surface area (Å²) >= 11 is 6.06. The Kier molecular flexibility index (Phi) is 2.85. The van der Waals surface area contributed by atoms with Crippen LogP contribution in [0.2, 0.25) is 5.02 Å². The zero-order valence-electron chi connectivity index (χ0n) is 10.0. The fourth-order valence-electron chi connectivity index (χ4n) is 2.82. The molecule has 0 aliphatic carbocycles. The molecule has 1 aromatic heterocycles. The van der Waals surface area contributed by atoms with Crippen LogP contribution in [0.4, 0.5) is 0 Å². The van der Waals surface area contributed by atoms with Gasteiger partial charge in [-0.3, -0.25) is 0 Å². The first-order valence-corrected chi connectivity index (χ1v) is 6.59. The molecule has 3 rings (SSSR count). The van der Waals surface area contributed by atoms with Crippen molar-refractivity contribution in [2.45, 2.75) is 18.8 Å². The summed E-state index contributed by atoms with van der Waals surface area (Å²) in [5, 5.41) is 5.58. The van der Waals surface area contributed by atoms with Crippen LogP contribution in [0.5, 0.6) is 0 Å². The van der Waals surface area contributed by atoms with Gasteiger partial charge in [-0.15, -0.1) is 0 Å². The van der Waals surface area contributed by atoms with Crippen molar-refractivity contribution in [3.05, 3.63) is 35.0 Å². The second-order valence-corrected chi connectivity index (χ2v) is 5.31. The van der Waals surface area contributed by atoms with Crippen LogP contribution in [-0.2, 0) is 7.05 Å². The lowest BCUT2D eigenvalue weighted by Gasteiger charge is -2.23. The lowest BCUT2D eigenvalue weighted by molar-refractivity contribution is 0.448. The van der Waals surface area contributed by atoms with Crippen LogP contribution >= 0.6 is 11.6 Å². The second-order valence-electron chi connectivity index (χ2n) is 4.87. The molecule has 1 aliphatic rings. The number of hydrogen-bond acceptors (Lipinski definition) is 1. The van der Waals surface area contributed by atoms with Crippen molar-refractivity contribution in [3.8, 4) is 0 Å². The standard InChI is InChI=1S/C14H17ClN2/c1-17-13(11-3-2-6-16-9-11)7-10-4-5-12(15)8-14(10)17/h4-5,7-8,11,16H,2-3,6,9H2,1H3. The Morgan fingerprint density at radius 3 is 3.00 bits per heavy atom. The summed E-state index contributed by atoms with van der Waals surface area (Å²) in [6, 6.07) is 8.43. The number of piperidine rings is 1. The fourth-order valence-corrected chi connectivity index (χ4v) is 2.99. The van der Waals surface area contributed by atoms with Gasteiger partial charge in [0.1, 0.15) is 0 Å². The molecule has 0 amide bonds. The third-order valence-electron chi connectivity index (χ3n) is 3.76. The minimum Gasteiger partial charge on any atom is -0.347 e. The van der Waals surface area contributed by atoms with Gasteiger partial charge in [0, 0.05) is 35.7 Å². The van der Waals surface area contributed by atoms with Crippen molar-refractivity contribution >= 4 is 22.5 Å². The number of benzene rings is 1. The van der Waals surface area contributed by atoms with Crippen LogP contribution in [0, 0.1) is 0 Å². The first kappa shape index (κ1) is 11.1. The maximum atomic E-state index is 6.06. The summed E-state index contributed by atoms with van der Waals surface area (Å²) in [5.41, 5.74) is 2.66. The molecule has 1 unspecified atom stereocenters. The smallest absolute Gasteiger partial charge is 0.0494 e. The molecular formula is C14H17ClN2.